The van der Waals surface area contributed by atoms with E-state index >= 15 is 0 Å². The summed E-state index contributed by atoms with van der Waals surface area (Å²) in [6, 6.07) is 16.4. The van der Waals surface area contributed by atoms with E-state index in [1.807, 2.05) is 0 Å². The molecule has 2 fully saturated rings. The van der Waals surface area contributed by atoms with E-state index in [9.17, 15) is 28.0 Å². The van der Waals surface area contributed by atoms with Crippen molar-refractivity contribution in [3.05, 3.63) is 71.8 Å². The number of methoxy groups -OCH3 is 2. The second-order valence-electron chi connectivity index (χ2n) is 8.06. The van der Waals surface area contributed by atoms with Crippen LogP contribution in [0.3, 0.4) is 0 Å². The van der Waals surface area contributed by atoms with Crippen molar-refractivity contribution >= 4 is 23.9 Å². The first-order valence-electron chi connectivity index (χ1n) is 11.5. The third kappa shape index (κ3) is 7.11. The Hall–Kier alpha value is -3.90. The minimum Gasteiger partial charge on any atom is -0.467 e. The number of rotatable bonds is 6. The summed E-state index contributed by atoms with van der Waals surface area (Å²) in [6.45, 7) is -0.466. The lowest BCUT2D eigenvalue weighted by atomic mass is 10.1. The standard InChI is InChI=1S/2C13H13FO5/c1-17-13(16)11-10(14)9(7-18-11)19-12(15)8-5-3-2-4-6-8;1-17-13(16)11-10(9(14)7-18-11)19-12(15)8-5-3-2-4-6-8/h2*2-6,9-11H,7H2,1H3/t9-,10+,11-;9-,10+,11+/m10/s1. The van der Waals surface area contributed by atoms with Gasteiger partial charge in [0.25, 0.3) is 0 Å². The van der Waals surface area contributed by atoms with E-state index in [0.29, 0.717) is 5.56 Å². The van der Waals surface area contributed by atoms with Crippen LogP contribution in [0.25, 0.3) is 0 Å². The molecule has 2 aliphatic heterocycles. The van der Waals surface area contributed by atoms with Crippen LogP contribution >= 0.6 is 0 Å². The predicted octanol–water partition coefficient (Wildman–Crippen LogP) is 2.24. The van der Waals surface area contributed by atoms with Crippen LogP contribution in [0.15, 0.2) is 60.7 Å². The van der Waals surface area contributed by atoms with Gasteiger partial charge in [0.05, 0.1) is 38.6 Å². The Labute approximate surface area is 216 Å². The number of hydrogen-bond acceptors (Lipinski definition) is 10. The van der Waals surface area contributed by atoms with Gasteiger partial charge in [-0.3, -0.25) is 0 Å². The van der Waals surface area contributed by atoms with Gasteiger partial charge in [0, 0.05) is 0 Å². The van der Waals surface area contributed by atoms with E-state index < -0.39 is 60.6 Å². The van der Waals surface area contributed by atoms with Gasteiger partial charge in [-0.2, -0.15) is 0 Å². The fourth-order valence-corrected chi connectivity index (χ4v) is 3.57. The van der Waals surface area contributed by atoms with Crippen LogP contribution < -0.4 is 0 Å². The Morgan fingerprint density at radius 3 is 1.71 bits per heavy atom. The average molecular weight is 536 g/mol. The minimum atomic E-state index is -1.72. The molecule has 2 aromatic carbocycles. The largest absolute Gasteiger partial charge is 0.467 e. The molecular formula is C26H26F2O10. The molecule has 0 unspecified atom stereocenters. The topological polar surface area (TPSA) is 124 Å². The SMILES string of the molecule is COC(=O)[C@@H]1OC[C@@H](OC(=O)c2ccccc2)[C@@H]1F.COC(=O)[C@@H]1OC[C@H](F)[C@H]1OC(=O)c1ccccc1. The van der Waals surface area contributed by atoms with E-state index in [4.69, 9.17) is 18.9 Å². The molecule has 0 aliphatic carbocycles. The second kappa shape index (κ2) is 13.6. The lowest BCUT2D eigenvalue weighted by molar-refractivity contribution is -0.155. The van der Waals surface area contributed by atoms with Crippen LogP contribution in [0.4, 0.5) is 8.78 Å². The first-order chi connectivity index (χ1) is 18.3. The fourth-order valence-electron chi connectivity index (χ4n) is 3.57. The molecule has 2 aromatic rings. The maximum Gasteiger partial charge on any atom is 0.339 e. The van der Waals surface area contributed by atoms with E-state index in [2.05, 4.69) is 9.47 Å². The Morgan fingerprint density at radius 1 is 0.711 bits per heavy atom. The first-order valence-corrected chi connectivity index (χ1v) is 11.5. The molecule has 2 heterocycles. The summed E-state index contributed by atoms with van der Waals surface area (Å²) in [5.41, 5.74) is 0.599. The molecule has 2 saturated heterocycles. The molecule has 6 atom stereocenters. The van der Waals surface area contributed by atoms with Gasteiger partial charge >= 0.3 is 23.9 Å². The molecule has 0 spiro atoms. The Morgan fingerprint density at radius 2 is 1.18 bits per heavy atom. The van der Waals surface area contributed by atoms with Crippen molar-refractivity contribution in [3.63, 3.8) is 0 Å². The van der Waals surface area contributed by atoms with Crippen molar-refractivity contribution in [2.24, 2.45) is 0 Å². The summed E-state index contributed by atoms with van der Waals surface area (Å²) in [5, 5.41) is 0. The Balaban J connectivity index is 0.000000211. The number of ether oxygens (including phenoxy) is 6. The quantitative estimate of drug-likeness (QED) is 0.401. The van der Waals surface area contributed by atoms with Gasteiger partial charge < -0.3 is 28.4 Å². The van der Waals surface area contributed by atoms with Gasteiger partial charge in [-0.1, -0.05) is 36.4 Å². The number of carbonyl (C=O) groups excluding carboxylic acids is 4. The maximum absolute atomic E-state index is 13.9. The molecule has 0 bridgehead atoms. The number of halogens is 2. The molecule has 10 nitrogen and oxygen atoms in total. The highest BCUT2D eigenvalue weighted by atomic mass is 19.1. The van der Waals surface area contributed by atoms with E-state index in [-0.39, 0.29) is 18.8 Å². The summed E-state index contributed by atoms with van der Waals surface area (Å²) in [7, 11) is 2.30. The van der Waals surface area contributed by atoms with Gasteiger partial charge in [0.2, 0.25) is 0 Å². The van der Waals surface area contributed by atoms with E-state index in [1.165, 1.54) is 0 Å². The molecule has 204 valence electrons. The first kappa shape index (κ1) is 28.7. The summed E-state index contributed by atoms with van der Waals surface area (Å²) >= 11 is 0. The van der Waals surface area contributed by atoms with Gasteiger partial charge in [0.1, 0.15) is 0 Å². The van der Waals surface area contributed by atoms with E-state index in [1.54, 1.807) is 60.7 Å². The lowest BCUT2D eigenvalue weighted by Crippen LogP contribution is -2.39. The third-order valence-corrected chi connectivity index (χ3v) is 5.56. The van der Waals surface area contributed by atoms with Crippen LogP contribution in [0, 0.1) is 0 Å². The van der Waals surface area contributed by atoms with Crippen LogP contribution in [0.2, 0.25) is 0 Å². The molecule has 38 heavy (non-hydrogen) atoms. The summed E-state index contributed by atoms with van der Waals surface area (Å²) in [5.74, 6) is -2.92. The number of alkyl halides is 2. The molecule has 0 radical (unpaired) electrons. The number of hydrogen-bond donors (Lipinski definition) is 0. The smallest absolute Gasteiger partial charge is 0.339 e. The Bertz CT molecular complexity index is 1100. The fraction of sp³-hybridized carbons (Fsp3) is 0.385. The van der Waals surface area contributed by atoms with Crippen LogP contribution in [0.5, 0.6) is 0 Å². The molecule has 0 amide bonds. The van der Waals surface area contributed by atoms with Crippen LogP contribution in [-0.4, -0.2) is 88.1 Å². The zero-order valence-electron chi connectivity index (χ0n) is 20.5. The lowest BCUT2D eigenvalue weighted by Gasteiger charge is -2.18. The molecule has 0 saturated carbocycles. The molecule has 0 aromatic heterocycles. The molecule has 0 N–H and O–H groups in total. The van der Waals surface area contributed by atoms with Crippen molar-refractivity contribution in [2.75, 3.05) is 27.4 Å². The van der Waals surface area contributed by atoms with Crippen molar-refractivity contribution in [1.29, 1.82) is 0 Å². The zero-order chi connectivity index (χ0) is 27.7. The highest BCUT2D eigenvalue weighted by molar-refractivity contribution is 5.90. The second-order valence-corrected chi connectivity index (χ2v) is 8.06. The highest BCUT2D eigenvalue weighted by Gasteiger charge is 2.46. The summed E-state index contributed by atoms with van der Waals surface area (Å²) in [6.07, 6.45) is -8.19. The third-order valence-electron chi connectivity index (χ3n) is 5.56. The van der Waals surface area contributed by atoms with Gasteiger partial charge in [-0.25, -0.2) is 28.0 Å². The van der Waals surface area contributed by atoms with Gasteiger partial charge in [0.15, 0.2) is 36.8 Å². The van der Waals surface area contributed by atoms with Crippen molar-refractivity contribution in [3.8, 4) is 0 Å². The van der Waals surface area contributed by atoms with Crippen molar-refractivity contribution < 1.29 is 56.4 Å². The number of carbonyl (C=O) groups is 4. The molecular weight excluding hydrogens is 510 g/mol. The maximum atomic E-state index is 13.9. The van der Waals surface area contributed by atoms with Crippen LogP contribution in [0.1, 0.15) is 20.7 Å². The number of benzene rings is 2. The molecule has 2 aliphatic rings. The van der Waals surface area contributed by atoms with Crippen molar-refractivity contribution in [2.45, 2.75) is 36.8 Å². The van der Waals surface area contributed by atoms with E-state index in [0.717, 1.165) is 14.2 Å². The van der Waals surface area contributed by atoms with Crippen LogP contribution in [-0.2, 0) is 38.0 Å². The van der Waals surface area contributed by atoms with Crippen molar-refractivity contribution in [1.82, 2.24) is 0 Å². The zero-order valence-corrected chi connectivity index (χ0v) is 20.5. The monoisotopic (exact) mass is 536 g/mol. The normalized spacial score (nSPS) is 25.9. The summed E-state index contributed by atoms with van der Waals surface area (Å²) in [4.78, 5) is 46.1. The molecule has 12 heteroatoms. The predicted molar refractivity (Wildman–Crippen MR) is 125 cm³/mol. The summed E-state index contributed by atoms with van der Waals surface area (Å²) < 4.78 is 56.2. The average Bonchev–Trinajstić information content (AvgIpc) is 3.50. The Kier molecular flexibility index (Phi) is 10.3. The number of esters is 4. The molecule has 4 rings (SSSR count). The minimum absolute atomic E-state index is 0.167. The highest BCUT2D eigenvalue weighted by Crippen LogP contribution is 2.24. The van der Waals surface area contributed by atoms with Gasteiger partial charge in [-0.15, -0.1) is 0 Å². The van der Waals surface area contributed by atoms with Gasteiger partial charge in [-0.05, 0) is 24.3 Å².